The lowest BCUT2D eigenvalue weighted by Gasteiger charge is -2.16. The van der Waals surface area contributed by atoms with E-state index in [1.165, 1.54) is 27.2 Å². The topological polar surface area (TPSA) is 108 Å². The number of rotatable bonds is 11. The summed E-state index contributed by atoms with van der Waals surface area (Å²) in [5, 5.41) is 11.1. The maximum atomic E-state index is 12.9. The molecule has 2 aromatic rings. The van der Waals surface area contributed by atoms with E-state index in [0.717, 1.165) is 0 Å². The van der Waals surface area contributed by atoms with Crippen molar-refractivity contribution in [3.05, 3.63) is 34.3 Å². The Morgan fingerprint density at radius 1 is 0.939 bits per heavy atom. The van der Waals surface area contributed by atoms with E-state index in [0.29, 0.717) is 29.7 Å². The number of halogens is 2. The van der Waals surface area contributed by atoms with Gasteiger partial charge in [0.25, 0.3) is 5.91 Å². The largest absolute Gasteiger partial charge is 0.493 e. The van der Waals surface area contributed by atoms with Gasteiger partial charge in [0.2, 0.25) is 6.04 Å². The summed E-state index contributed by atoms with van der Waals surface area (Å²) in [7, 11) is 2.85. The molecule has 0 spiro atoms. The number of carbonyl (C=O) groups is 2. The molecule has 1 atom stereocenters. The van der Waals surface area contributed by atoms with Crippen molar-refractivity contribution >= 4 is 46.3 Å². The molecule has 33 heavy (non-hydrogen) atoms. The molecule has 0 radical (unpaired) electrons. The fourth-order valence-corrected chi connectivity index (χ4v) is 3.22. The third-order valence-electron chi connectivity index (χ3n) is 4.28. The Morgan fingerprint density at radius 2 is 1.58 bits per heavy atom. The van der Waals surface area contributed by atoms with Crippen LogP contribution in [0.3, 0.4) is 0 Å². The first-order valence-electron chi connectivity index (χ1n) is 9.99. The molecule has 0 heterocycles. The van der Waals surface area contributed by atoms with Gasteiger partial charge < -0.3 is 24.3 Å². The predicted octanol–water partition coefficient (Wildman–Crippen LogP) is 5.49. The normalized spacial score (nSPS) is 11.7. The van der Waals surface area contributed by atoms with E-state index in [4.69, 9.17) is 42.1 Å². The number of nitrogens with zero attached hydrogens (tertiary/aromatic N) is 2. The summed E-state index contributed by atoms with van der Waals surface area (Å²) in [6, 6.07) is 4.77. The zero-order chi connectivity index (χ0) is 24.5. The molecular weight excluding hydrogens is 473 g/mol. The summed E-state index contributed by atoms with van der Waals surface area (Å²) in [5.41, 5.74) is 0.394. The molecule has 0 saturated carbocycles. The van der Waals surface area contributed by atoms with Crippen molar-refractivity contribution in [3.63, 3.8) is 0 Å². The van der Waals surface area contributed by atoms with Crippen LogP contribution in [0, 0.1) is 0 Å². The number of hydrogen-bond donors (Lipinski definition) is 1. The number of hydrogen-bond acceptors (Lipinski definition) is 8. The molecular formula is C22H25Cl2N3O6. The van der Waals surface area contributed by atoms with Crippen LogP contribution in [0.25, 0.3) is 0 Å². The van der Waals surface area contributed by atoms with Crippen molar-refractivity contribution in [3.8, 4) is 23.0 Å². The average Bonchev–Trinajstić information content (AvgIpc) is 2.78. The lowest BCUT2D eigenvalue weighted by atomic mass is 10.2. The van der Waals surface area contributed by atoms with Crippen LogP contribution in [-0.4, -0.2) is 45.2 Å². The number of nitrogens with one attached hydrogen (secondary N) is 1. The lowest BCUT2D eigenvalue weighted by molar-refractivity contribution is -0.126. The van der Waals surface area contributed by atoms with Crippen LogP contribution in [0.15, 0.2) is 34.5 Å². The Kier molecular flexibility index (Phi) is 9.74. The van der Waals surface area contributed by atoms with Gasteiger partial charge in [-0.05, 0) is 45.0 Å². The van der Waals surface area contributed by atoms with Gasteiger partial charge in [0.05, 0.1) is 37.5 Å². The number of methoxy groups -OCH3 is 2. The van der Waals surface area contributed by atoms with Gasteiger partial charge in [-0.3, -0.25) is 9.59 Å². The summed E-state index contributed by atoms with van der Waals surface area (Å²) in [5.74, 6) is -0.174. The van der Waals surface area contributed by atoms with Gasteiger partial charge in [0, 0.05) is 0 Å². The fourth-order valence-electron chi connectivity index (χ4n) is 2.82. The van der Waals surface area contributed by atoms with Gasteiger partial charge in [0.15, 0.2) is 28.8 Å². The number of Topliss-reactive ketones (excluding diaryl/α,β-unsaturated/α-hetero) is 1. The highest BCUT2D eigenvalue weighted by Crippen LogP contribution is 2.43. The van der Waals surface area contributed by atoms with Gasteiger partial charge in [0.1, 0.15) is 11.4 Å². The second-order valence-corrected chi connectivity index (χ2v) is 7.28. The summed E-state index contributed by atoms with van der Waals surface area (Å²) in [6.45, 7) is 5.48. The summed E-state index contributed by atoms with van der Waals surface area (Å²) >= 11 is 12.4. The van der Waals surface area contributed by atoms with E-state index >= 15 is 0 Å². The first-order valence-corrected chi connectivity index (χ1v) is 10.7. The van der Waals surface area contributed by atoms with Crippen LogP contribution in [0.5, 0.6) is 23.0 Å². The van der Waals surface area contributed by atoms with Crippen molar-refractivity contribution in [1.82, 2.24) is 0 Å². The van der Waals surface area contributed by atoms with E-state index in [2.05, 4.69) is 15.5 Å². The van der Waals surface area contributed by atoms with Gasteiger partial charge in [-0.25, -0.2) is 0 Å². The Bertz CT molecular complexity index is 1050. The minimum atomic E-state index is -1.46. The van der Waals surface area contributed by atoms with Gasteiger partial charge in [-0.2, -0.15) is 10.2 Å². The maximum absolute atomic E-state index is 12.9. The van der Waals surface area contributed by atoms with Gasteiger partial charge >= 0.3 is 0 Å². The van der Waals surface area contributed by atoms with E-state index in [1.807, 2.05) is 0 Å². The van der Waals surface area contributed by atoms with Gasteiger partial charge in [-0.15, -0.1) is 0 Å². The van der Waals surface area contributed by atoms with E-state index in [-0.39, 0.29) is 27.9 Å². The minimum absolute atomic E-state index is 0.144. The Hall–Kier alpha value is -3.04. The van der Waals surface area contributed by atoms with E-state index < -0.39 is 17.7 Å². The Morgan fingerprint density at radius 3 is 2.15 bits per heavy atom. The Balaban J connectivity index is 2.41. The zero-order valence-electron chi connectivity index (χ0n) is 18.9. The van der Waals surface area contributed by atoms with Crippen LogP contribution in [0.1, 0.15) is 20.8 Å². The van der Waals surface area contributed by atoms with Crippen LogP contribution >= 0.6 is 23.2 Å². The molecule has 1 N–H and O–H groups in total. The summed E-state index contributed by atoms with van der Waals surface area (Å²) in [6.07, 6.45) is 0. The van der Waals surface area contributed by atoms with Crippen LogP contribution < -0.4 is 24.3 Å². The summed E-state index contributed by atoms with van der Waals surface area (Å²) < 4.78 is 21.7. The molecule has 0 aliphatic rings. The highest BCUT2D eigenvalue weighted by atomic mass is 35.5. The van der Waals surface area contributed by atoms with Crippen molar-refractivity contribution in [1.29, 1.82) is 0 Å². The van der Waals surface area contributed by atoms with Crippen LogP contribution in [0.4, 0.5) is 11.4 Å². The predicted molar refractivity (Wildman–Crippen MR) is 126 cm³/mol. The quantitative estimate of drug-likeness (QED) is 0.324. The molecule has 0 aliphatic heterocycles. The molecule has 1 unspecified atom stereocenters. The first-order chi connectivity index (χ1) is 15.8. The standard InChI is InChI=1S/C22H25Cl2N3O6/c1-6-32-19-14(24)8-10-15(20(19)33-7-2)26-27-17(12(3)28)22(29)25-18-13(23)9-11-16(30-4)21(18)31-5/h8-11,17H,6-7H2,1-5H3,(H,25,29). The third kappa shape index (κ3) is 6.27. The lowest BCUT2D eigenvalue weighted by Crippen LogP contribution is -2.32. The zero-order valence-corrected chi connectivity index (χ0v) is 20.4. The molecule has 0 bridgehead atoms. The van der Waals surface area contributed by atoms with E-state index in [1.54, 1.807) is 32.0 Å². The van der Waals surface area contributed by atoms with Crippen LogP contribution in [-0.2, 0) is 9.59 Å². The van der Waals surface area contributed by atoms with Crippen LogP contribution in [0.2, 0.25) is 10.0 Å². The van der Waals surface area contributed by atoms with Crippen molar-refractivity contribution in [2.24, 2.45) is 10.2 Å². The molecule has 11 heteroatoms. The molecule has 0 saturated heterocycles. The highest BCUT2D eigenvalue weighted by Gasteiger charge is 2.26. The molecule has 178 valence electrons. The second kappa shape index (κ2) is 12.3. The molecule has 0 aromatic heterocycles. The number of carbonyl (C=O) groups excluding carboxylic acids is 2. The molecule has 2 aromatic carbocycles. The third-order valence-corrected chi connectivity index (χ3v) is 4.89. The number of benzene rings is 2. The molecule has 1 amide bonds. The number of anilines is 1. The van der Waals surface area contributed by atoms with Crippen molar-refractivity contribution in [2.45, 2.75) is 26.8 Å². The fraction of sp³-hybridized carbons (Fsp3) is 0.364. The number of ether oxygens (including phenoxy) is 4. The molecule has 9 nitrogen and oxygen atoms in total. The Labute approximate surface area is 202 Å². The maximum Gasteiger partial charge on any atom is 0.258 e. The number of azo groups is 1. The second-order valence-electron chi connectivity index (χ2n) is 6.47. The SMILES string of the molecule is CCOc1c(Cl)ccc(N=NC(C(C)=O)C(=O)Nc2c(Cl)ccc(OC)c2OC)c1OCC. The minimum Gasteiger partial charge on any atom is -0.493 e. The first kappa shape index (κ1) is 26.2. The highest BCUT2D eigenvalue weighted by molar-refractivity contribution is 6.34. The summed E-state index contributed by atoms with van der Waals surface area (Å²) in [4.78, 5) is 25.1. The molecule has 0 aliphatic carbocycles. The number of ketones is 1. The monoisotopic (exact) mass is 497 g/mol. The number of amides is 1. The van der Waals surface area contributed by atoms with E-state index in [9.17, 15) is 9.59 Å². The van der Waals surface area contributed by atoms with Crippen molar-refractivity contribution < 1.29 is 28.5 Å². The molecule has 0 fully saturated rings. The molecule has 2 rings (SSSR count). The smallest absolute Gasteiger partial charge is 0.258 e. The van der Waals surface area contributed by atoms with Gasteiger partial charge in [-0.1, -0.05) is 23.2 Å². The average molecular weight is 498 g/mol. The van der Waals surface area contributed by atoms with Crippen molar-refractivity contribution in [2.75, 3.05) is 32.8 Å².